The van der Waals surface area contributed by atoms with Crippen molar-refractivity contribution in [2.45, 2.75) is 254 Å². The van der Waals surface area contributed by atoms with Crippen LogP contribution in [0.3, 0.4) is 0 Å². The fourth-order valence-electron chi connectivity index (χ4n) is 17.7. The number of allylic oxidation sites excluding steroid dienone is 2. The first-order valence-corrected chi connectivity index (χ1v) is 30.6. The van der Waals surface area contributed by atoms with E-state index in [4.69, 9.17) is 52.1 Å². The molecule has 5 heterocycles. The van der Waals surface area contributed by atoms with Crippen molar-refractivity contribution in [2.75, 3.05) is 39.6 Å². The summed E-state index contributed by atoms with van der Waals surface area (Å²) in [4.78, 5) is 28.2. The summed E-state index contributed by atoms with van der Waals surface area (Å²) in [7, 11) is 0. The topological polar surface area (TPSA) is 439 Å². The Balaban J connectivity index is 0.877. The molecule has 28 nitrogen and oxygen atoms in total. The van der Waals surface area contributed by atoms with E-state index in [9.17, 15) is 81.4 Å². The second kappa shape index (κ2) is 24.6. The monoisotopic (exact) mass is 1250 g/mol. The lowest BCUT2D eigenvalue weighted by Gasteiger charge is -2.72. The molecule has 28 heteroatoms. The number of hydrogen-bond acceptors (Lipinski definition) is 28. The molecule has 0 aromatic heterocycles. The summed E-state index contributed by atoms with van der Waals surface area (Å²) < 4.78 is 64.8. The van der Waals surface area contributed by atoms with Gasteiger partial charge in [-0.05, 0) is 97.7 Å². The third kappa shape index (κ3) is 11.2. The first-order chi connectivity index (χ1) is 40.7. The van der Waals surface area contributed by atoms with Gasteiger partial charge in [-0.1, -0.05) is 53.2 Å². The van der Waals surface area contributed by atoms with E-state index < -0.39 is 231 Å². The Labute approximate surface area is 504 Å². The quantitative estimate of drug-likeness (QED) is 0.0451. The zero-order chi connectivity index (χ0) is 63.6. The minimum atomic E-state index is -2.09. The summed E-state index contributed by atoms with van der Waals surface area (Å²) in [6.07, 6.45) is -31.6. The van der Waals surface area contributed by atoms with E-state index in [1.807, 2.05) is 6.92 Å². The van der Waals surface area contributed by atoms with Gasteiger partial charge in [0.05, 0.1) is 64.1 Å². The summed E-state index contributed by atoms with van der Waals surface area (Å²) in [5.41, 5.74) is -6.17. The van der Waals surface area contributed by atoms with Crippen molar-refractivity contribution in [1.29, 1.82) is 0 Å². The second-order valence-corrected chi connectivity index (χ2v) is 28.6. The van der Waals surface area contributed by atoms with Gasteiger partial charge >= 0.3 is 11.9 Å². The van der Waals surface area contributed by atoms with Gasteiger partial charge in [-0.15, -0.1) is 0 Å². The van der Waals surface area contributed by atoms with Crippen LogP contribution in [0.15, 0.2) is 11.6 Å². The van der Waals surface area contributed by atoms with Crippen LogP contribution in [0.5, 0.6) is 0 Å². The number of hydrogen-bond donors (Lipinski definition) is 15. The molecule has 5 aliphatic heterocycles. The van der Waals surface area contributed by atoms with E-state index in [0.29, 0.717) is 32.1 Å². The van der Waals surface area contributed by atoms with Gasteiger partial charge in [-0.25, -0.2) is 0 Å². The van der Waals surface area contributed by atoms with Crippen molar-refractivity contribution in [3.05, 3.63) is 11.6 Å². The highest BCUT2D eigenvalue weighted by Gasteiger charge is 2.73. The maximum Gasteiger partial charge on any atom is 0.317 e. The maximum absolute atomic E-state index is 15.5. The molecule has 9 fully saturated rings. The molecule has 0 aromatic carbocycles. The predicted octanol–water partition coefficient (Wildman–Crippen LogP) is -3.78. The van der Waals surface area contributed by atoms with E-state index >= 15 is 4.79 Å². The highest BCUT2D eigenvalue weighted by atomic mass is 16.8. The summed E-state index contributed by atoms with van der Waals surface area (Å²) in [5, 5.41) is 166. The molecule has 0 unspecified atom stereocenters. The number of carbonyl (C=O) groups is 2. The van der Waals surface area contributed by atoms with Gasteiger partial charge in [0.15, 0.2) is 37.4 Å². The zero-order valence-corrected chi connectivity index (χ0v) is 50.5. The molecule has 5 saturated heterocycles. The summed E-state index contributed by atoms with van der Waals surface area (Å²) in [5.74, 6) is -2.80. The maximum atomic E-state index is 15.5. The SMILES string of the molecule is CC(=O)O[C@H]1[C@@H](O)[C@H](O[C@H]2[C@H](OC(=O)[C@]34CCC(C)(C)C[C@H]3C3=CC[C@@H]5[C@@]6(C)C[C@H](O)[C@H](O[C@@H]7O[C@H](CO)[C@@H](O)[C@H](O)[C@H]7O)[C@@](C)(CO)[C@@H]6CC[C@@]5(C)[C@]3(C)C[C@H]4O)OC[C@H](O)[C@@H]2O)O[C@@H](C)[C@@H]1O[C@@H]1OC[C@@H](O)[C@H](O[C@@H]2OC[C@](O)(CO)[C@H]2O)[C@H]1O. The lowest BCUT2D eigenvalue weighted by atomic mass is 9.33. The summed E-state index contributed by atoms with van der Waals surface area (Å²) in [6, 6.07) is 0. The molecule has 5 aliphatic carbocycles. The van der Waals surface area contributed by atoms with Gasteiger partial charge in [0, 0.05) is 12.3 Å². The van der Waals surface area contributed by atoms with Gasteiger partial charge in [-0.3, -0.25) is 9.59 Å². The number of esters is 2. The second-order valence-electron chi connectivity index (χ2n) is 28.6. The number of aliphatic hydroxyl groups excluding tert-OH is 14. The fraction of sp³-hybridized carbons (Fsp3) is 0.932. The number of ether oxygens (including phenoxy) is 11. The lowest BCUT2D eigenvalue weighted by molar-refractivity contribution is -0.372. The summed E-state index contributed by atoms with van der Waals surface area (Å²) >= 11 is 0. The highest BCUT2D eigenvalue weighted by Crippen LogP contribution is 2.76. The smallest absolute Gasteiger partial charge is 0.317 e. The van der Waals surface area contributed by atoms with Crippen molar-refractivity contribution < 1.29 is 138 Å². The Morgan fingerprint density at radius 1 is 0.609 bits per heavy atom. The Morgan fingerprint density at radius 3 is 1.91 bits per heavy atom. The van der Waals surface area contributed by atoms with Gasteiger partial charge in [-0.2, -0.15) is 0 Å². The molecule has 0 radical (unpaired) electrons. The molecule has 10 aliphatic rings. The van der Waals surface area contributed by atoms with Crippen molar-refractivity contribution in [3.63, 3.8) is 0 Å². The highest BCUT2D eigenvalue weighted by molar-refractivity contribution is 5.80. The molecular weight excluding hydrogens is 1160 g/mol. The molecule has 0 bridgehead atoms. The zero-order valence-electron chi connectivity index (χ0n) is 50.5. The van der Waals surface area contributed by atoms with Crippen LogP contribution in [-0.2, 0) is 61.7 Å². The molecular formula is C59H94O28. The standard InChI is InChI=1S/C59H94O28/c1-24-41(83-47-39(72)42(30(66)20-77-47)84-51-45(74)58(76,22-62)23-79-51)43(81-25(2)63)40(73)49(80-24)85-44-35(68)29(65)19-78-50(44)87-52(75)59-14-13-53(3,4)15-27(59)26-9-10-33-54(5)16-28(64)46(86-48-38(71)37(70)36(69)31(18-60)82-48)55(6,21-61)32(54)11-12-56(33,7)57(26,8)17-34(59)67/h9,24,27-51,60-62,64-74,76H,10-23H2,1-8H3/t24-,27-,28-,29-,30+,31+,32+,33+,34+,35-,36+,37-,38+,39+,40+,41-,42-,43-,44+,45-,46-,47-,48-,49-,50-,51-,54-,55-,56+,57+,58+,59+/m0/s1. The van der Waals surface area contributed by atoms with Crippen molar-refractivity contribution in [3.8, 4) is 0 Å². The average molecular weight is 1250 g/mol. The number of aliphatic hydroxyl groups is 15. The number of rotatable bonds is 14. The summed E-state index contributed by atoms with van der Waals surface area (Å²) in [6.45, 7) is 11.4. The predicted molar refractivity (Wildman–Crippen MR) is 290 cm³/mol. The first kappa shape index (κ1) is 67.6. The van der Waals surface area contributed by atoms with Gasteiger partial charge in [0.1, 0.15) is 84.3 Å². The van der Waals surface area contributed by atoms with Crippen LogP contribution < -0.4 is 0 Å². The Bertz CT molecular complexity index is 2490. The van der Waals surface area contributed by atoms with E-state index in [2.05, 4.69) is 40.7 Å². The molecule has 498 valence electrons. The minimum Gasteiger partial charge on any atom is -0.457 e. The van der Waals surface area contributed by atoms with Gasteiger partial charge in [0.25, 0.3) is 0 Å². The minimum absolute atomic E-state index is 0.110. The van der Waals surface area contributed by atoms with Crippen LogP contribution in [-0.4, -0.2) is 275 Å². The normalized spacial score (nSPS) is 54.0. The van der Waals surface area contributed by atoms with E-state index in [0.717, 1.165) is 12.5 Å². The third-order valence-electron chi connectivity index (χ3n) is 22.8. The molecule has 87 heavy (non-hydrogen) atoms. The number of carbonyl (C=O) groups excluding carboxylic acids is 2. The fourth-order valence-corrected chi connectivity index (χ4v) is 17.7. The van der Waals surface area contributed by atoms with Crippen LogP contribution >= 0.6 is 0 Å². The average Bonchev–Trinajstić information content (AvgIpc) is 0.895. The first-order valence-electron chi connectivity index (χ1n) is 30.6. The third-order valence-corrected chi connectivity index (χ3v) is 22.8. The molecule has 15 N–H and O–H groups in total. The van der Waals surface area contributed by atoms with Crippen LogP contribution in [0.2, 0.25) is 0 Å². The molecule has 0 spiro atoms. The Hall–Kier alpha value is -2.28. The largest absolute Gasteiger partial charge is 0.457 e. The van der Waals surface area contributed by atoms with E-state index in [-0.39, 0.29) is 36.5 Å². The lowest BCUT2D eigenvalue weighted by Crippen LogP contribution is -2.70. The van der Waals surface area contributed by atoms with Crippen molar-refractivity contribution in [1.82, 2.24) is 0 Å². The Morgan fingerprint density at radius 2 is 1.25 bits per heavy atom. The number of fused-ring (bicyclic) bond motifs is 7. The molecule has 10 rings (SSSR count). The van der Waals surface area contributed by atoms with Crippen molar-refractivity contribution >= 4 is 11.9 Å². The Kier molecular flexibility index (Phi) is 19.1. The van der Waals surface area contributed by atoms with Crippen LogP contribution in [0.1, 0.15) is 107 Å². The molecule has 4 saturated carbocycles. The van der Waals surface area contributed by atoms with E-state index in [1.54, 1.807) is 0 Å². The van der Waals surface area contributed by atoms with Gasteiger partial charge < -0.3 is 129 Å². The molecule has 32 atom stereocenters. The van der Waals surface area contributed by atoms with Crippen LogP contribution in [0.4, 0.5) is 0 Å². The van der Waals surface area contributed by atoms with Gasteiger partial charge in [0.2, 0.25) is 6.29 Å². The molecule has 0 amide bonds. The van der Waals surface area contributed by atoms with Crippen LogP contribution in [0.25, 0.3) is 0 Å². The molecule has 0 aromatic rings. The van der Waals surface area contributed by atoms with E-state index in [1.165, 1.54) is 6.92 Å². The van der Waals surface area contributed by atoms with Crippen molar-refractivity contribution in [2.24, 2.45) is 50.2 Å². The van der Waals surface area contributed by atoms with Crippen LogP contribution in [0, 0.1) is 50.2 Å².